The first-order chi connectivity index (χ1) is 9.68. The summed E-state index contributed by atoms with van der Waals surface area (Å²) in [6.45, 7) is 2.83. The molecule has 2 aromatic rings. The van der Waals surface area contributed by atoms with Crippen LogP contribution in [0.25, 0.3) is 0 Å². The number of aromatic nitrogens is 1. The number of benzene rings is 1. The van der Waals surface area contributed by atoms with E-state index in [1.165, 1.54) is 0 Å². The van der Waals surface area contributed by atoms with E-state index in [4.69, 9.17) is 16.3 Å². The molecule has 5 heteroatoms. The fraction of sp³-hybridized carbons (Fsp3) is 0.200. The Labute approximate surface area is 122 Å². The zero-order chi connectivity index (χ0) is 14.1. The Morgan fingerprint density at radius 3 is 3.05 bits per heavy atom. The highest BCUT2D eigenvalue weighted by molar-refractivity contribution is 6.32. The number of aryl methyl sites for hydroxylation is 1. The van der Waals surface area contributed by atoms with Crippen molar-refractivity contribution in [3.63, 3.8) is 0 Å². The summed E-state index contributed by atoms with van der Waals surface area (Å²) in [6.07, 6.45) is 3.27. The summed E-state index contributed by atoms with van der Waals surface area (Å²) in [5, 5.41) is 0.517. The van der Waals surface area contributed by atoms with Crippen molar-refractivity contribution in [3.05, 3.63) is 52.8 Å². The minimum absolute atomic E-state index is 0.0811. The van der Waals surface area contributed by atoms with E-state index in [-0.39, 0.29) is 5.91 Å². The third-order valence-corrected chi connectivity index (χ3v) is 3.61. The van der Waals surface area contributed by atoms with Crippen molar-refractivity contribution < 1.29 is 9.53 Å². The van der Waals surface area contributed by atoms with E-state index < -0.39 is 0 Å². The lowest BCUT2D eigenvalue weighted by Crippen LogP contribution is -2.38. The minimum atomic E-state index is -0.0811. The number of rotatable bonds is 1. The number of carbonyl (C=O) groups excluding carboxylic acids is 1. The molecule has 0 bridgehead atoms. The van der Waals surface area contributed by atoms with E-state index >= 15 is 0 Å². The van der Waals surface area contributed by atoms with Gasteiger partial charge in [-0.05, 0) is 30.7 Å². The van der Waals surface area contributed by atoms with Gasteiger partial charge in [-0.3, -0.25) is 9.78 Å². The van der Waals surface area contributed by atoms with Gasteiger partial charge in [0.1, 0.15) is 6.61 Å². The molecule has 0 aliphatic carbocycles. The van der Waals surface area contributed by atoms with Crippen molar-refractivity contribution in [2.24, 2.45) is 0 Å². The Kier molecular flexibility index (Phi) is 3.32. The Bertz CT molecular complexity index is 673. The van der Waals surface area contributed by atoms with E-state index in [1.807, 2.05) is 25.1 Å². The summed E-state index contributed by atoms with van der Waals surface area (Å²) in [7, 11) is 0. The van der Waals surface area contributed by atoms with Gasteiger partial charge in [0.05, 0.1) is 22.8 Å². The van der Waals surface area contributed by atoms with E-state index in [1.54, 1.807) is 23.4 Å². The maximum absolute atomic E-state index is 12.7. The predicted octanol–water partition coefficient (Wildman–Crippen LogP) is 3.08. The summed E-state index contributed by atoms with van der Waals surface area (Å²) in [4.78, 5) is 18.4. The van der Waals surface area contributed by atoms with Crippen molar-refractivity contribution in [2.45, 2.75) is 6.92 Å². The molecule has 1 amide bonds. The SMILES string of the molecule is Cc1ccncc1C(=O)N1CCOc2c(Cl)cccc21. The highest BCUT2D eigenvalue weighted by Gasteiger charge is 2.26. The first kappa shape index (κ1) is 12.9. The summed E-state index contributed by atoms with van der Waals surface area (Å²) in [5.74, 6) is 0.484. The number of ether oxygens (including phenoxy) is 1. The van der Waals surface area contributed by atoms with Gasteiger partial charge in [0.25, 0.3) is 5.91 Å². The Balaban J connectivity index is 2.03. The molecule has 0 fully saturated rings. The summed E-state index contributed by atoms with van der Waals surface area (Å²) in [5.41, 5.74) is 2.21. The van der Waals surface area contributed by atoms with Crippen LogP contribution in [0.4, 0.5) is 5.69 Å². The molecular weight excluding hydrogens is 276 g/mol. The van der Waals surface area contributed by atoms with Crippen LogP contribution in [0.15, 0.2) is 36.7 Å². The molecular formula is C15H13ClN2O2. The van der Waals surface area contributed by atoms with Crippen LogP contribution in [0.3, 0.4) is 0 Å². The molecule has 0 spiro atoms. The van der Waals surface area contributed by atoms with Gasteiger partial charge >= 0.3 is 0 Å². The van der Waals surface area contributed by atoms with Crippen LogP contribution in [0.5, 0.6) is 5.75 Å². The standard InChI is InChI=1S/C15H13ClN2O2/c1-10-5-6-17-9-11(10)15(19)18-7-8-20-14-12(16)3-2-4-13(14)18/h2-6,9H,7-8H2,1H3. The maximum Gasteiger partial charge on any atom is 0.260 e. The number of fused-ring (bicyclic) bond motifs is 1. The second kappa shape index (κ2) is 5.13. The Hall–Kier alpha value is -2.07. The highest BCUT2D eigenvalue weighted by Crippen LogP contribution is 2.38. The fourth-order valence-corrected chi connectivity index (χ4v) is 2.48. The van der Waals surface area contributed by atoms with Gasteiger partial charge in [0.2, 0.25) is 0 Å². The van der Waals surface area contributed by atoms with Gasteiger partial charge in [-0.15, -0.1) is 0 Å². The van der Waals surface area contributed by atoms with Crippen molar-refractivity contribution in [1.82, 2.24) is 4.98 Å². The third kappa shape index (κ3) is 2.12. The number of amides is 1. The molecule has 1 aliphatic heterocycles. The van der Waals surface area contributed by atoms with Gasteiger partial charge in [0.15, 0.2) is 5.75 Å². The normalized spacial score (nSPS) is 13.6. The summed E-state index contributed by atoms with van der Waals surface area (Å²) < 4.78 is 5.56. The molecule has 1 aromatic carbocycles. The molecule has 0 saturated carbocycles. The number of hydrogen-bond donors (Lipinski definition) is 0. The molecule has 0 atom stereocenters. The quantitative estimate of drug-likeness (QED) is 0.810. The van der Waals surface area contributed by atoms with Crippen molar-refractivity contribution in [2.75, 3.05) is 18.1 Å². The van der Waals surface area contributed by atoms with E-state index in [9.17, 15) is 4.79 Å². The lowest BCUT2D eigenvalue weighted by Gasteiger charge is -2.30. The van der Waals surface area contributed by atoms with Crippen molar-refractivity contribution in [3.8, 4) is 5.75 Å². The zero-order valence-electron chi connectivity index (χ0n) is 11.0. The molecule has 2 heterocycles. The smallest absolute Gasteiger partial charge is 0.260 e. The van der Waals surface area contributed by atoms with Crippen LogP contribution >= 0.6 is 11.6 Å². The average Bonchev–Trinajstić information content (AvgIpc) is 2.47. The van der Waals surface area contributed by atoms with Crippen LogP contribution in [0.2, 0.25) is 5.02 Å². The molecule has 3 rings (SSSR count). The number of pyridine rings is 1. The average molecular weight is 289 g/mol. The van der Waals surface area contributed by atoms with Crippen LogP contribution in [-0.4, -0.2) is 24.0 Å². The van der Waals surface area contributed by atoms with E-state index in [2.05, 4.69) is 4.98 Å². The van der Waals surface area contributed by atoms with Crippen molar-refractivity contribution in [1.29, 1.82) is 0 Å². The van der Waals surface area contributed by atoms with Gasteiger partial charge in [0, 0.05) is 12.4 Å². The van der Waals surface area contributed by atoms with E-state index in [0.717, 1.165) is 5.56 Å². The van der Waals surface area contributed by atoms with Crippen LogP contribution in [0.1, 0.15) is 15.9 Å². The lowest BCUT2D eigenvalue weighted by molar-refractivity contribution is 0.0975. The van der Waals surface area contributed by atoms with Crippen LogP contribution in [-0.2, 0) is 0 Å². The number of carbonyl (C=O) groups is 1. The molecule has 0 unspecified atom stereocenters. The number of para-hydroxylation sites is 1. The topological polar surface area (TPSA) is 42.4 Å². The molecule has 20 heavy (non-hydrogen) atoms. The fourth-order valence-electron chi connectivity index (χ4n) is 2.26. The second-order valence-electron chi connectivity index (χ2n) is 4.58. The predicted molar refractivity (Wildman–Crippen MR) is 77.6 cm³/mol. The molecule has 1 aromatic heterocycles. The number of hydrogen-bond acceptors (Lipinski definition) is 3. The van der Waals surface area contributed by atoms with Gasteiger partial charge < -0.3 is 9.64 Å². The second-order valence-corrected chi connectivity index (χ2v) is 4.99. The minimum Gasteiger partial charge on any atom is -0.488 e. The number of nitrogens with zero attached hydrogens (tertiary/aromatic N) is 2. The molecule has 0 radical (unpaired) electrons. The lowest BCUT2D eigenvalue weighted by atomic mass is 10.1. The van der Waals surface area contributed by atoms with Crippen molar-refractivity contribution >= 4 is 23.2 Å². The summed E-state index contributed by atoms with van der Waals surface area (Å²) in [6, 6.07) is 7.23. The maximum atomic E-state index is 12.7. The van der Waals surface area contributed by atoms with Gasteiger partial charge in [-0.25, -0.2) is 0 Å². The third-order valence-electron chi connectivity index (χ3n) is 3.31. The number of halogens is 1. The molecule has 1 aliphatic rings. The van der Waals surface area contributed by atoms with E-state index in [0.29, 0.717) is 35.2 Å². The summed E-state index contributed by atoms with van der Waals surface area (Å²) >= 11 is 6.11. The highest BCUT2D eigenvalue weighted by atomic mass is 35.5. The molecule has 0 N–H and O–H groups in total. The van der Waals surface area contributed by atoms with Gasteiger partial charge in [-0.2, -0.15) is 0 Å². The van der Waals surface area contributed by atoms with Crippen LogP contribution in [0, 0.1) is 6.92 Å². The molecule has 4 nitrogen and oxygen atoms in total. The molecule has 0 saturated heterocycles. The zero-order valence-corrected chi connectivity index (χ0v) is 11.7. The largest absolute Gasteiger partial charge is 0.488 e. The first-order valence-corrected chi connectivity index (χ1v) is 6.70. The number of anilines is 1. The molecule has 102 valence electrons. The van der Waals surface area contributed by atoms with Crippen LogP contribution < -0.4 is 9.64 Å². The first-order valence-electron chi connectivity index (χ1n) is 6.32. The van der Waals surface area contributed by atoms with Gasteiger partial charge in [-0.1, -0.05) is 17.7 Å². The Morgan fingerprint density at radius 2 is 2.25 bits per heavy atom. The monoisotopic (exact) mass is 288 g/mol. The Morgan fingerprint density at radius 1 is 1.40 bits per heavy atom.